The van der Waals surface area contributed by atoms with Gasteiger partial charge in [0.05, 0.1) is 11.6 Å². The van der Waals surface area contributed by atoms with Crippen LogP contribution in [0, 0.1) is 18.3 Å². The molecule has 2 heteroatoms. The second-order valence-corrected chi connectivity index (χ2v) is 3.20. The number of H-pyrrole nitrogens is 1. The van der Waals surface area contributed by atoms with Crippen LogP contribution in [0.1, 0.15) is 11.1 Å². The van der Waals surface area contributed by atoms with Crippen LogP contribution < -0.4 is 0 Å². The Bertz CT molecular complexity index is 527. The molecule has 0 aliphatic rings. The van der Waals surface area contributed by atoms with Crippen LogP contribution in [0.2, 0.25) is 0 Å². The largest absolute Gasteiger partial charge is 0.360 e. The van der Waals surface area contributed by atoms with Gasteiger partial charge in [0.1, 0.15) is 0 Å². The van der Waals surface area contributed by atoms with Crippen LogP contribution >= 0.6 is 0 Å². The third kappa shape index (κ3) is 1.29. The topological polar surface area (TPSA) is 39.6 Å². The number of aromatic amines is 1. The molecule has 0 saturated heterocycles. The van der Waals surface area contributed by atoms with Crippen molar-refractivity contribution in [1.29, 1.82) is 5.26 Å². The van der Waals surface area contributed by atoms with E-state index in [0.717, 1.165) is 11.1 Å². The summed E-state index contributed by atoms with van der Waals surface area (Å²) in [6.45, 7) is 2.07. The summed E-state index contributed by atoms with van der Waals surface area (Å²) in [6, 6.07) is 8.06. The standard InChI is InChI=1S/C12H10N2/c1-9-8-14-12-10(5-3-7-13)4-2-6-11(9)12/h2-6,8,14H,1H3. The lowest BCUT2D eigenvalue weighted by Gasteiger charge is -1.95. The van der Waals surface area contributed by atoms with Gasteiger partial charge in [0.25, 0.3) is 0 Å². The van der Waals surface area contributed by atoms with Gasteiger partial charge in [-0.2, -0.15) is 5.26 Å². The highest BCUT2D eigenvalue weighted by molar-refractivity contribution is 5.90. The number of para-hydroxylation sites is 1. The predicted molar refractivity (Wildman–Crippen MR) is 57.7 cm³/mol. The number of fused-ring (bicyclic) bond motifs is 1. The molecule has 0 aliphatic heterocycles. The van der Waals surface area contributed by atoms with Crippen molar-refractivity contribution in [3.05, 3.63) is 41.6 Å². The van der Waals surface area contributed by atoms with E-state index >= 15 is 0 Å². The Kier molecular flexibility index (Phi) is 2.08. The van der Waals surface area contributed by atoms with Crippen LogP contribution in [0.25, 0.3) is 17.0 Å². The summed E-state index contributed by atoms with van der Waals surface area (Å²) in [6.07, 6.45) is 5.29. The molecule has 1 aromatic carbocycles. The smallest absolute Gasteiger partial charge is 0.0912 e. The number of benzene rings is 1. The molecule has 1 aromatic heterocycles. The minimum absolute atomic E-state index is 1.05. The van der Waals surface area contributed by atoms with Gasteiger partial charge >= 0.3 is 0 Å². The number of nitrogens with one attached hydrogen (secondary N) is 1. The molecule has 0 atom stereocenters. The van der Waals surface area contributed by atoms with Crippen molar-refractivity contribution < 1.29 is 0 Å². The maximum absolute atomic E-state index is 8.46. The molecule has 14 heavy (non-hydrogen) atoms. The maximum atomic E-state index is 8.46. The number of allylic oxidation sites excluding steroid dienone is 1. The molecule has 2 rings (SSSR count). The van der Waals surface area contributed by atoms with E-state index in [9.17, 15) is 0 Å². The van der Waals surface area contributed by atoms with E-state index in [4.69, 9.17) is 5.26 Å². The van der Waals surface area contributed by atoms with Crippen molar-refractivity contribution in [2.45, 2.75) is 6.92 Å². The Hall–Kier alpha value is -2.01. The van der Waals surface area contributed by atoms with E-state index in [2.05, 4.69) is 18.0 Å². The second-order valence-electron chi connectivity index (χ2n) is 3.20. The monoisotopic (exact) mass is 182 g/mol. The molecule has 0 fully saturated rings. The van der Waals surface area contributed by atoms with Gasteiger partial charge in [0.15, 0.2) is 0 Å². The Morgan fingerprint density at radius 1 is 1.43 bits per heavy atom. The highest BCUT2D eigenvalue weighted by atomic mass is 14.7. The number of aromatic nitrogens is 1. The molecule has 2 aromatic rings. The highest BCUT2D eigenvalue weighted by Gasteiger charge is 2.01. The summed E-state index contributed by atoms with van der Waals surface area (Å²) in [4.78, 5) is 3.20. The molecule has 0 saturated carbocycles. The minimum Gasteiger partial charge on any atom is -0.360 e. The first-order valence-corrected chi connectivity index (χ1v) is 4.46. The van der Waals surface area contributed by atoms with Crippen LogP contribution in [-0.4, -0.2) is 4.98 Å². The number of hydrogen-bond acceptors (Lipinski definition) is 1. The van der Waals surface area contributed by atoms with Crippen LogP contribution in [-0.2, 0) is 0 Å². The van der Waals surface area contributed by atoms with Gasteiger partial charge < -0.3 is 4.98 Å². The minimum atomic E-state index is 1.05. The van der Waals surface area contributed by atoms with Crippen LogP contribution in [0.4, 0.5) is 0 Å². The number of aryl methyl sites for hydroxylation is 1. The zero-order valence-electron chi connectivity index (χ0n) is 7.91. The number of nitrogens with zero attached hydrogens (tertiary/aromatic N) is 1. The summed E-state index contributed by atoms with van der Waals surface area (Å²) in [5.41, 5.74) is 3.38. The van der Waals surface area contributed by atoms with Crippen molar-refractivity contribution in [3.8, 4) is 6.07 Å². The third-order valence-electron chi connectivity index (χ3n) is 2.29. The van der Waals surface area contributed by atoms with E-state index in [1.54, 1.807) is 0 Å². The summed E-state index contributed by atoms with van der Waals surface area (Å²) in [7, 11) is 0. The van der Waals surface area contributed by atoms with Crippen molar-refractivity contribution in [3.63, 3.8) is 0 Å². The summed E-state index contributed by atoms with van der Waals surface area (Å²) < 4.78 is 0. The fraction of sp³-hybridized carbons (Fsp3) is 0.0833. The summed E-state index contributed by atoms with van der Waals surface area (Å²) in [5.74, 6) is 0. The first-order chi connectivity index (χ1) is 6.83. The average molecular weight is 182 g/mol. The van der Waals surface area contributed by atoms with Gasteiger partial charge in [-0.3, -0.25) is 0 Å². The summed E-state index contributed by atoms with van der Waals surface area (Å²) >= 11 is 0. The molecular weight excluding hydrogens is 172 g/mol. The first-order valence-electron chi connectivity index (χ1n) is 4.46. The summed E-state index contributed by atoms with van der Waals surface area (Å²) in [5, 5.41) is 9.67. The van der Waals surface area contributed by atoms with Crippen molar-refractivity contribution in [1.82, 2.24) is 4.98 Å². The Morgan fingerprint density at radius 2 is 2.29 bits per heavy atom. The van der Waals surface area contributed by atoms with Gasteiger partial charge in [0, 0.05) is 17.7 Å². The fourth-order valence-electron chi connectivity index (χ4n) is 1.58. The molecule has 0 bridgehead atoms. The fourth-order valence-corrected chi connectivity index (χ4v) is 1.58. The normalized spacial score (nSPS) is 10.9. The maximum Gasteiger partial charge on any atom is 0.0912 e. The number of nitriles is 1. The van der Waals surface area contributed by atoms with E-state index in [0.29, 0.717) is 0 Å². The van der Waals surface area contributed by atoms with E-state index < -0.39 is 0 Å². The second kappa shape index (κ2) is 3.39. The zero-order valence-corrected chi connectivity index (χ0v) is 7.91. The molecule has 2 nitrogen and oxygen atoms in total. The zero-order chi connectivity index (χ0) is 9.97. The first kappa shape index (κ1) is 8.58. The van der Waals surface area contributed by atoms with Gasteiger partial charge in [-0.05, 0) is 24.1 Å². The molecule has 0 spiro atoms. The van der Waals surface area contributed by atoms with E-state index in [1.807, 2.05) is 30.5 Å². The molecule has 68 valence electrons. The SMILES string of the molecule is Cc1c[nH]c2c(C=CC#N)cccc12. The average Bonchev–Trinajstić information content (AvgIpc) is 2.58. The lowest BCUT2D eigenvalue weighted by molar-refractivity contribution is 1.42. The Morgan fingerprint density at radius 3 is 3.07 bits per heavy atom. The van der Waals surface area contributed by atoms with E-state index in [-0.39, 0.29) is 0 Å². The third-order valence-corrected chi connectivity index (χ3v) is 2.29. The molecule has 1 N–H and O–H groups in total. The highest BCUT2D eigenvalue weighted by Crippen LogP contribution is 2.21. The van der Waals surface area contributed by atoms with Gasteiger partial charge in [-0.15, -0.1) is 0 Å². The van der Waals surface area contributed by atoms with Gasteiger partial charge in [-0.1, -0.05) is 18.2 Å². The van der Waals surface area contributed by atoms with Gasteiger partial charge in [-0.25, -0.2) is 0 Å². The molecule has 0 amide bonds. The quantitative estimate of drug-likeness (QED) is 0.676. The van der Waals surface area contributed by atoms with Crippen molar-refractivity contribution in [2.75, 3.05) is 0 Å². The molecule has 0 radical (unpaired) electrons. The number of hydrogen-bond donors (Lipinski definition) is 1. The van der Waals surface area contributed by atoms with Crippen LogP contribution in [0.15, 0.2) is 30.5 Å². The molecule has 0 aliphatic carbocycles. The molecule has 0 unspecified atom stereocenters. The van der Waals surface area contributed by atoms with Crippen molar-refractivity contribution >= 4 is 17.0 Å². The molecular formula is C12H10N2. The Balaban J connectivity index is 2.67. The Labute approximate surface area is 82.5 Å². The molecule has 1 heterocycles. The van der Waals surface area contributed by atoms with Gasteiger partial charge in [0.2, 0.25) is 0 Å². The number of rotatable bonds is 1. The lowest BCUT2D eigenvalue weighted by Crippen LogP contribution is -1.75. The van der Waals surface area contributed by atoms with Crippen LogP contribution in [0.3, 0.4) is 0 Å². The predicted octanol–water partition coefficient (Wildman–Crippen LogP) is 3.01. The van der Waals surface area contributed by atoms with Crippen LogP contribution in [0.5, 0.6) is 0 Å². The lowest BCUT2D eigenvalue weighted by atomic mass is 10.1. The van der Waals surface area contributed by atoms with E-state index in [1.165, 1.54) is 17.0 Å². The van der Waals surface area contributed by atoms with Crippen molar-refractivity contribution in [2.24, 2.45) is 0 Å².